The number of nitrogens with one attached hydrogen (secondary N) is 1. The molecular formula is C23H25F3N2O. The summed E-state index contributed by atoms with van der Waals surface area (Å²) in [5.41, 5.74) is 0.564. The first-order valence-electron chi connectivity index (χ1n) is 9.75. The molecule has 29 heavy (non-hydrogen) atoms. The topological polar surface area (TPSA) is 45.1 Å². The molecule has 2 aromatic rings. The van der Waals surface area contributed by atoms with E-state index in [1.807, 2.05) is 0 Å². The third-order valence-corrected chi connectivity index (χ3v) is 5.24. The maximum Gasteiger partial charge on any atom is 0.418 e. The number of allylic oxidation sites excluding steroid dienone is 5. The molecule has 0 bridgehead atoms. The lowest BCUT2D eigenvalue weighted by atomic mass is 9.91. The van der Waals surface area contributed by atoms with Crippen LogP contribution in [0.25, 0.3) is 16.5 Å². The van der Waals surface area contributed by atoms with Crippen molar-refractivity contribution in [3.8, 4) is 0 Å². The van der Waals surface area contributed by atoms with Gasteiger partial charge in [-0.15, -0.1) is 0 Å². The number of pyridine rings is 1. The standard InChI is InChI=1S/C23H25F3N2O/c1-3-5-9-15(4-2)20-14-17(22(29)19-12-6-7-13-27-19)16-10-8-11-18(21(16)28-20)23(24,25)26/h3-5,8-11,14,19,22,27,29H,1,6-7,12-13H2,2H3/b9-5-,15-4+. The van der Waals surface area contributed by atoms with Crippen molar-refractivity contribution in [2.24, 2.45) is 0 Å². The molecule has 1 aliphatic rings. The summed E-state index contributed by atoms with van der Waals surface area (Å²) in [6.45, 7) is 6.21. The largest absolute Gasteiger partial charge is 0.418 e. The van der Waals surface area contributed by atoms with Crippen LogP contribution < -0.4 is 5.32 Å². The second kappa shape index (κ2) is 8.93. The van der Waals surface area contributed by atoms with Crippen LogP contribution in [0.1, 0.15) is 49.1 Å². The van der Waals surface area contributed by atoms with E-state index in [-0.39, 0.29) is 11.6 Å². The number of fused-ring (bicyclic) bond motifs is 1. The summed E-state index contributed by atoms with van der Waals surface area (Å²) in [5, 5.41) is 14.7. The van der Waals surface area contributed by atoms with Crippen LogP contribution in [0.2, 0.25) is 0 Å². The Bertz CT molecular complexity index is 941. The first-order chi connectivity index (χ1) is 13.9. The molecule has 0 aliphatic carbocycles. The van der Waals surface area contributed by atoms with Crippen LogP contribution in [-0.4, -0.2) is 22.7 Å². The van der Waals surface area contributed by atoms with Gasteiger partial charge in [-0.05, 0) is 49.6 Å². The second-order valence-electron chi connectivity index (χ2n) is 7.14. The highest BCUT2D eigenvalue weighted by atomic mass is 19.4. The zero-order chi connectivity index (χ0) is 21.0. The Morgan fingerprint density at radius 3 is 2.76 bits per heavy atom. The molecule has 2 heterocycles. The van der Waals surface area contributed by atoms with Gasteiger partial charge in [0.05, 0.1) is 22.9 Å². The van der Waals surface area contributed by atoms with Crippen molar-refractivity contribution in [1.82, 2.24) is 10.3 Å². The number of rotatable bonds is 5. The first kappa shape index (κ1) is 21.3. The number of benzene rings is 1. The molecule has 0 amide bonds. The summed E-state index contributed by atoms with van der Waals surface area (Å²) in [5.74, 6) is 0. The predicted octanol–water partition coefficient (Wildman–Crippen LogP) is 5.57. The Kier molecular flexibility index (Phi) is 6.55. The lowest BCUT2D eigenvalue weighted by molar-refractivity contribution is -0.136. The van der Waals surface area contributed by atoms with Crippen molar-refractivity contribution in [3.63, 3.8) is 0 Å². The van der Waals surface area contributed by atoms with E-state index in [1.54, 1.807) is 43.4 Å². The minimum absolute atomic E-state index is 0.145. The van der Waals surface area contributed by atoms with E-state index in [1.165, 1.54) is 6.07 Å². The van der Waals surface area contributed by atoms with Gasteiger partial charge < -0.3 is 10.4 Å². The average molecular weight is 402 g/mol. The molecule has 2 N–H and O–H groups in total. The summed E-state index contributed by atoms with van der Waals surface area (Å²) in [6, 6.07) is 5.49. The smallest absolute Gasteiger partial charge is 0.387 e. The van der Waals surface area contributed by atoms with Crippen LogP contribution >= 0.6 is 0 Å². The average Bonchev–Trinajstić information content (AvgIpc) is 2.72. The van der Waals surface area contributed by atoms with Gasteiger partial charge in [0.1, 0.15) is 0 Å². The van der Waals surface area contributed by atoms with Crippen molar-refractivity contribution >= 4 is 16.5 Å². The minimum atomic E-state index is -4.54. The molecule has 2 atom stereocenters. The molecule has 0 spiro atoms. The zero-order valence-corrected chi connectivity index (χ0v) is 16.3. The molecule has 1 aliphatic heterocycles. The lowest BCUT2D eigenvalue weighted by Gasteiger charge is -2.29. The van der Waals surface area contributed by atoms with Crippen LogP contribution in [0.3, 0.4) is 0 Å². The normalized spacial score (nSPS) is 19.6. The van der Waals surface area contributed by atoms with E-state index in [4.69, 9.17) is 0 Å². The molecule has 1 fully saturated rings. The monoisotopic (exact) mass is 402 g/mol. The van der Waals surface area contributed by atoms with Crippen molar-refractivity contribution in [3.05, 3.63) is 72.0 Å². The fourth-order valence-corrected chi connectivity index (χ4v) is 3.76. The Morgan fingerprint density at radius 1 is 1.34 bits per heavy atom. The Morgan fingerprint density at radius 2 is 2.14 bits per heavy atom. The van der Waals surface area contributed by atoms with Crippen LogP contribution in [0.4, 0.5) is 13.2 Å². The van der Waals surface area contributed by atoms with E-state index in [0.29, 0.717) is 22.2 Å². The Labute approximate surface area is 168 Å². The Balaban J connectivity index is 2.24. The van der Waals surface area contributed by atoms with Gasteiger partial charge in [0, 0.05) is 11.4 Å². The summed E-state index contributed by atoms with van der Waals surface area (Å²) >= 11 is 0. The molecule has 1 aromatic carbocycles. The maximum atomic E-state index is 13.7. The van der Waals surface area contributed by atoms with Gasteiger partial charge in [-0.25, -0.2) is 4.98 Å². The second-order valence-corrected chi connectivity index (χ2v) is 7.14. The summed E-state index contributed by atoms with van der Waals surface area (Å²) in [7, 11) is 0. The molecule has 1 saturated heterocycles. The van der Waals surface area contributed by atoms with E-state index in [0.717, 1.165) is 31.9 Å². The van der Waals surface area contributed by atoms with Crippen molar-refractivity contribution in [1.29, 1.82) is 0 Å². The van der Waals surface area contributed by atoms with Crippen molar-refractivity contribution in [2.45, 2.75) is 44.5 Å². The number of aromatic nitrogens is 1. The van der Waals surface area contributed by atoms with Crippen LogP contribution in [-0.2, 0) is 6.18 Å². The fourth-order valence-electron chi connectivity index (χ4n) is 3.76. The minimum Gasteiger partial charge on any atom is -0.387 e. The first-order valence-corrected chi connectivity index (χ1v) is 9.75. The maximum absolute atomic E-state index is 13.7. The zero-order valence-electron chi connectivity index (χ0n) is 16.3. The number of alkyl halides is 3. The van der Waals surface area contributed by atoms with Gasteiger partial charge in [0.2, 0.25) is 0 Å². The molecular weight excluding hydrogens is 377 g/mol. The summed E-state index contributed by atoms with van der Waals surface area (Å²) in [6.07, 6.45) is 4.12. The van der Waals surface area contributed by atoms with Gasteiger partial charge in [0.25, 0.3) is 0 Å². The number of piperidine rings is 1. The van der Waals surface area contributed by atoms with Gasteiger partial charge >= 0.3 is 6.18 Å². The highest BCUT2D eigenvalue weighted by Gasteiger charge is 2.34. The summed E-state index contributed by atoms with van der Waals surface area (Å²) in [4.78, 5) is 4.35. The van der Waals surface area contributed by atoms with E-state index < -0.39 is 17.8 Å². The fraction of sp³-hybridized carbons (Fsp3) is 0.348. The third kappa shape index (κ3) is 4.60. The van der Waals surface area contributed by atoms with E-state index >= 15 is 0 Å². The number of nitrogens with zero attached hydrogens (tertiary/aromatic N) is 1. The molecule has 3 rings (SSSR count). The van der Waals surface area contributed by atoms with Gasteiger partial charge in [-0.2, -0.15) is 13.2 Å². The molecule has 3 nitrogen and oxygen atoms in total. The van der Waals surface area contributed by atoms with Crippen LogP contribution in [0.15, 0.2) is 55.1 Å². The number of hydrogen-bond donors (Lipinski definition) is 2. The highest BCUT2D eigenvalue weighted by molar-refractivity contribution is 5.89. The van der Waals surface area contributed by atoms with Crippen LogP contribution in [0, 0.1) is 0 Å². The van der Waals surface area contributed by atoms with Crippen LogP contribution in [0.5, 0.6) is 0 Å². The number of aliphatic hydroxyl groups is 1. The predicted molar refractivity (Wildman–Crippen MR) is 110 cm³/mol. The van der Waals surface area contributed by atoms with E-state index in [2.05, 4.69) is 16.9 Å². The number of hydrogen-bond acceptors (Lipinski definition) is 3. The number of para-hydroxylation sites is 1. The summed E-state index contributed by atoms with van der Waals surface area (Å²) < 4.78 is 41.0. The molecule has 154 valence electrons. The van der Waals surface area contributed by atoms with Gasteiger partial charge in [-0.3, -0.25) is 0 Å². The number of halogens is 3. The highest BCUT2D eigenvalue weighted by Crippen LogP contribution is 2.38. The molecule has 1 aromatic heterocycles. The van der Waals surface area contributed by atoms with Crippen molar-refractivity contribution in [2.75, 3.05) is 6.54 Å². The molecule has 0 radical (unpaired) electrons. The van der Waals surface area contributed by atoms with E-state index in [9.17, 15) is 18.3 Å². The quantitative estimate of drug-likeness (QED) is 0.642. The SMILES string of the molecule is C=C/C=C\C(=C/C)c1cc(C(O)C2CCCCN2)c2cccc(C(F)(F)F)c2n1. The van der Waals surface area contributed by atoms with Gasteiger partial charge in [-0.1, -0.05) is 49.4 Å². The Hall–Kier alpha value is -2.44. The van der Waals surface area contributed by atoms with Crippen molar-refractivity contribution < 1.29 is 18.3 Å². The molecule has 2 unspecified atom stereocenters. The number of aliphatic hydroxyl groups excluding tert-OH is 1. The van der Waals surface area contributed by atoms with Gasteiger partial charge in [0.15, 0.2) is 0 Å². The lowest BCUT2D eigenvalue weighted by Crippen LogP contribution is -2.38. The third-order valence-electron chi connectivity index (χ3n) is 5.24. The molecule has 0 saturated carbocycles. The molecule has 6 heteroatoms.